The average Bonchev–Trinajstić information content (AvgIpc) is 2.37. The van der Waals surface area contributed by atoms with Gasteiger partial charge in [-0.05, 0) is 67.6 Å². The summed E-state index contributed by atoms with van der Waals surface area (Å²) < 4.78 is 6.06. The Hall–Kier alpha value is -1.47. The Morgan fingerprint density at radius 1 is 0.895 bits per heavy atom. The Morgan fingerprint density at radius 3 is 2.26 bits per heavy atom. The van der Waals surface area contributed by atoms with Crippen LogP contribution in [0.1, 0.15) is 27.8 Å². The first-order valence-corrected chi connectivity index (χ1v) is 6.96. The van der Waals surface area contributed by atoms with E-state index in [2.05, 4.69) is 39.0 Å². The summed E-state index contributed by atoms with van der Waals surface area (Å²) >= 11 is 5.84. The van der Waals surface area contributed by atoms with Crippen molar-refractivity contribution in [3.63, 3.8) is 0 Å². The maximum Gasteiger partial charge on any atom is 0.130 e. The molecule has 2 aromatic rings. The quantitative estimate of drug-likeness (QED) is 0.676. The van der Waals surface area contributed by atoms with Crippen LogP contribution in [0.5, 0.6) is 11.5 Å². The number of hydrogen-bond donors (Lipinski definition) is 0. The van der Waals surface area contributed by atoms with Crippen LogP contribution in [0.15, 0.2) is 30.3 Å². The molecule has 0 amide bonds. The van der Waals surface area contributed by atoms with Crippen molar-refractivity contribution in [3.05, 3.63) is 58.1 Å². The molecule has 0 fully saturated rings. The van der Waals surface area contributed by atoms with Crippen molar-refractivity contribution in [1.29, 1.82) is 0 Å². The highest BCUT2D eigenvalue weighted by Crippen LogP contribution is 2.30. The lowest BCUT2D eigenvalue weighted by Gasteiger charge is -2.14. The lowest BCUT2D eigenvalue weighted by atomic mass is 10.1. The molecule has 0 unspecified atom stereocenters. The van der Waals surface area contributed by atoms with Gasteiger partial charge in [-0.1, -0.05) is 18.2 Å². The molecule has 0 spiro atoms. The average molecular weight is 275 g/mol. The minimum atomic E-state index is 0.531. The molecular formula is C17H19ClO. The second kappa shape index (κ2) is 5.66. The van der Waals surface area contributed by atoms with E-state index >= 15 is 0 Å². The van der Waals surface area contributed by atoms with Crippen molar-refractivity contribution in [3.8, 4) is 11.5 Å². The Balaban J connectivity index is 2.36. The summed E-state index contributed by atoms with van der Waals surface area (Å²) in [6.07, 6.45) is 0. The van der Waals surface area contributed by atoms with Gasteiger partial charge in [-0.2, -0.15) is 0 Å². The molecule has 0 aromatic heterocycles. The van der Waals surface area contributed by atoms with Gasteiger partial charge in [0, 0.05) is 5.88 Å². The van der Waals surface area contributed by atoms with E-state index in [4.69, 9.17) is 16.3 Å². The Kier molecular flexibility index (Phi) is 4.16. The van der Waals surface area contributed by atoms with Crippen LogP contribution in [0.3, 0.4) is 0 Å². The lowest BCUT2D eigenvalue weighted by molar-refractivity contribution is 0.474. The van der Waals surface area contributed by atoms with Crippen molar-refractivity contribution in [2.75, 3.05) is 0 Å². The van der Waals surface area contributed by atoms with E-state index in [1.807, 2.05) is 19.1 Å². The van der Waals surface area contributed by atoms with Gasteiger partial charge in [0.2, 0.25) is 0 Å². The SMILES string of the molecule is Cc1cc(C)c(C)c(Oc2ccc(CCl)cc2C)c1. The number of alkyl halides is 1. The summed E-state index contributed by atoms with van der Waals surface area (Å²) in [7, 11) is 0. The molecule has 100 valence electrons. The second-order valence-corrected chi connectivity index (χ2v) is 5.31. The molecule has 0 saturated carbocycles. The van der Waals surface area contributed by atoms with Crippen LogP contribution in [0, 0.1) is 27.7 Å². The maximum absolute atomic E-state index is 6.06. The number of aryl methyl sites for hydroxylation is 3. The van der Waals surface area contributed by atoms with Gasteiger partial charge in [0.15, 0.2) is 0 Å². The third-order valence-electron chi connectivity index (χ3n) is 3.38. The van der Waals surface area contributed by atoms with E-state index in [-0.39, 0.29) is 0 Å². The van der Waals surface area contributed by atoms with Gasteiger partial charge in [0.1, 0.15) is 11.5 Å². The van der Waals surface area contributed by atoms with Gasteiger partial charge in [-0.25, -0.2) is 0 Å². The molecule has 2 rings (SSSR count). The largest absolute Gasteiger partial charge is 0.457 e. The first kappa shape index (κ1) is 14.0. The van der Waals surface area contributed by atoms with Crippen LogP contribution in [0.4, 0.5) is 0 Å². The third-order valence-corrected chi connectivity index (χ3v) is 3.69. The fourth-order valence-corrected chi connectivity index (χ4v) is 2.30. The zero-order valence-electron chi connectivity index (χ0n) is 11.9. The summed E-state index contributed by atoms with van der Waals surface area (Å²) in [5, 5.41) is 0. The molecule has 0 aliphatic rings. The van der Waals surface area contributed by atoms with Gasteiger partial charge in [0.05, 0.1) is 0 Å². The lowest BCUT2D eigenvalue weighted by Crippen LogP contribution is -1.94. The first-order valence-electron chi connectivity index (χ1n) is 6.42. The van der Waals surface area contributed by atoms with Crippen LogP contribution < -0.4 is 4.74 Å². The number of hydrogen-bond acceptors (Lipinski definition) is 1. The highest BCUT2D eigenvalue weighted by atomic mass is 35.5. The van der Waals surface area contributed by atoms with Gasteiger partial charge in [-0.15, -0.1) is 11.6 Å². The third kappa shape index (κ3) is 3.10. The van der Waals surface area contributed by atoms with Crippen LogP contribution in [0.2, 0.25) is 0 Å². The molecule has 0 N–H and O–H groups in total. The van der Waals surface area contributed by atoms with E-state index in [0.717, 1.165) is 22.6 Å². The summed E-state index contributed by atoms with van der Waals surface area (Å²) in [6, 6.07) is 10.3. The van der Waals surface area contributed by atoms with E-state index in [1.54, 1.807) is 0 Å². The Morgan fingerprint density at radius 2 is 1.63 bits per heavy atom. The zero-order chi connectivity index (χ0) is 14.0. The molecule has 2 heteroatoms. The molecule has 0 radical (unpaired) electrons. The molecule has 0 bridgehead atoms. The predicted molar refractivity (Wildman–Crippen MR) is 81.5 cm³/mol. The molecule has 1 nitrogen and oxygen atoms in total. The molecule has 0 aliphatic heterocycles. The van der Waals surface area contributed by atoms with Gasteiger partial charge in [-0.3, -0.25) is 0 Å². The van der Waals surface area contributed by atoms with Gasteiger partial charge >= 0.3 is 0 Å². The molecular weight excluding hydrogens is 256 g/mol. The van der Waals surface area contributed by atoms with Gasteiger partial charge in [0.25, 0.3) is 0 Å². The summed E-state index contributed by atoms with van der Waals surface area (Å²) in [5.41, 5.74) is 5.88. The fraction of sp³-hybridized carbons (Fsp3) is 0.294. The van der Waals surface area contributed by atoms with Crippen molar-refractivity contribution in [1.82, 2.24) is 0 Å². The van der Waals surface area contributed by atoms with E-state index in [9.17, 15) is 0 Å². The Labute approximate surface area is 120 Å². The summed E-state index contributed by atoms with van der Waals surface area (Å²) in [4.78, 5) is 0. The second-order valence-electron chi connectivity index (χ2n) is 5.04. The molecule has 0 aliphatic carbocycles. The van der Waals surface area contributed by atoms with Crippen LogP contribution in [0.25, 0.3) is 0 Å². The standard InChI is InChI=1S/C17H19ClO/c1-11-7-12(2)14(4)17(8-11)19-16-6-5-15(10-18)9-13(16)3/h5-9H,10H2,1-4H3. The number of halogens is 1. The molecule has 0 saturated heterocycles. The zero-order valence-corrected chi connectivity index (χ0v) is 12.6. The number of rotatable bonds is 3. The van der Waals surface area contributed by atoms with Crippen molar-refractivity contribution >= 4 is 11.6 Å². The van der Waals surface area contributed by atoms with Crippen LogP contribution in [-0.4, -0.2) is 0 Å². The van der Waals surface area contributed by atoms with E-state index < -0.39 is 0 Å². The first-order chi connectivity index (χ1) is 9.01. The number of benzene rings is 2. The van der Waals surface area contributed by atoms with Crippen LogP contribution >= 0.6 is 11.6 Å². The summed E-state index contributed by atoms with van der Waals surface area (Å²) in [5.74, 6) is 2.35. The topological polar surface area (TPSA) is 9.23 Å². The normalized spacial score (nSPS) is 10.6. The minimum Gasteiger partial charge on any atom is -0.457 e. The van der Waals surface area contributed by atoms with Crippen LogP contribution in [-0.2, 0) is 5.88 Å². The monoisotopic (exact) mass is 274 g/mol. The molecule has 0 atom stereocenters. The molecule has 19 heavy (non-hydrogen) atoms. The molecule has 2 aromatic carbocycles. The fourth-order valence-electron chi connectivity index (χ4n) is 2.13. The highest BCUT2D eigenvalue weighted by Gasteiger charge is 2.07. The molecule has 0 heterocycles. The maximum atomic E-state index is 6.06. The van der Waals surface area contributed by atoms with Crippen molar-refractivity contribution < 1.29 is 4.74 Å². The predicted octanol–water partition coefficient (Wildman–Crippen LogP) is 5.45. The van der Waals surface area contributed by atoms with E-state index in [1.165, 1.54) is 16.7 Å². The van der Waals surface area contributed by atoms with E-state index in [0.29, 0.717) is 5.88 Å². The smallest absolute Gasteiger partial charge is 0.130 e. The summed E-state index contributed by atoms with van der Waals surface area (Å²) in [6.45, 7) is 8.33. The number of ether oxygens (including phenoxy) is 1. The minimum absolute atomic E-state index is 0.531. The van der Waals surface area contributed by atoms with Gasteiger partial charge < -0.3 is 4.74 Å². The van der Waals surface area contributed by atoms with Crippen molar-refractivity contribution in [2.45, 2.75) is 33.6 Å². The Bertz CT molecular complexity index is 602. The highest BCUT2D eigenvalue weighted by molar-refractivity contribution is 6.17. The van der Waals surface area contributed by atoms with Crippen molar-refractivity contribution in [2.24, 2.45) is 0 Å².